The molecule has 4 nitrogen and oxygen atoms in total. The smallest absolute Gasteiger partial charge is 0.241 e. The average Bonchev–Trinajstić information content (AvgIpc) is 2.57. The van der Waals surface area contributed by atoms with Crippen molar-refractivity contribution in [1.82, 2.24) is 5.32 Å². The number of amides is 1. The highest BCUT2D eigenvalue weighted by molar-refractivity contribution is 5.82. The topological polar surface area (TPSA) is 64.4 Å². The maximum absolute atomic E-state index is 12.2. The molecule has 1 atom stereocenters. The standard InChI is InChI=1S/C19H22N2O2/c20-18(14-7-2-1-3-8-14)19(22)21-13-15-9-4-5-12-17(15)23-16-10-6-11-16/h1-5,7-9,12,16,18H,6,10-11,13,20H2,(H,21,22). The minimum Gasteiger partial charge on any atom is -0.490 e. The minimum atomic E-state index is -0.657. The number of benzene rings is 2. The summed E-state index contributed by atoms with van der Waals surface area (Å²) in [4.78, 5) is 12.2. The zero-order valence-electron chi connectivity index (χ0n) is 13.1. The Morgan fingerprint density at radius 1 is 1.13 bits per heavy atom. The number of nitrogens with two attached hydrogens (primary N) is 1. The second kappa shape index (κ2) is 7.29. The maximum atomic E-state index is 12.2. The Hall–Kier alpha value is -2.33. The molecule has 2 aromatic carbocycles. The molecular weight excluding hydrogens is 288 g/mol. The van der Waals surface area contributed by atoms with Crippen LogP contribution in [-0.2, 0) is 11.3 Å². The fourth-order valence-electron chi connectivity index (χ4n) is 2.54. The summed E-state index contributed by atoms with van der Waals surface area (Å²) in [5.74, 6) is 0.667. The van der Waals surface area contributed by atoms with Crippen LogP contribution in [0.1, 0.15) is 36.4 Å². The van der Waals surface area contributed by atoms with E-state index in [0.717, 1.165) is 29.7 Å². The molecule has 4 heteroatoms. The van der Waals surface area contributed by atoms with E-state index in [-0.39, 0.29) is 5.91 Å². The molecule has 0 saturated heterocycles. The summed E-state index contributed by atoms with van der Waals surface area (Å²) < 4.78 is 5.98. The van der Waals surface area contributed by atoms with Crippen molar-refractivity contribution in [1.29, 1.82) is 0 Å². The van der Waals surface area contributed by atoms with Gasteiger partial charge in [0.25, 0.3) is 0 Å². The Morgan fingerprint density at radius 3 is 2.52 bits per heavy atom. The number of hydrogen-bond donors (Lipinski definition) is 2. The molecule has 0 heterocycles. The van der Waals surface area contributed by atoms with E-state index in [9.17, 15) is 4.79 Å². The van der Waals surface area contributed by atoms with Crippen LogP contribution in [0.2, 0.25) is 0 Å². The van der Waals surface area contributed by atoms with E-state index in [1.54, 1.807) is 0 Å². The van der Waals surface area contributed by atoms with Crippen molar-refractivity contribution < 1.29 is 9.53 Å². The van der Waals surface area contributed by atoms with Crippen LogP contribution in [0.3, 0.4) is 0 Å². The summed E-state index contributed by atoms with van der Waals surface area (Å²) in [6.07, 6.45) is 3.77. The van der Waals surface area contributed by atoms with Crippen LogP contribution < -0.4 is 15.8 Å². The highest BCUT2D eigenvalue weighted by Gasteiger charge is 2.20. The van der Waals surface area contributed by atoms with E-state index in [2.05, 4.69) is 5.32 Å². The van der Waals surface area contributed by atoms with Crippen LogP contribution >= 0.6 is 0 Å². The molecule has 1 amide bonds. The molecule has 3 rings (SSSR count). The zero-order valence-corrected chi connectivity index (χ0v) is 13.1. The first-order valence-electron chi connectivity index (χ1n) is 8.07. The first-order chi connectivity index (χ1) is 11.2. The highest BCUT2D eigenvalue weighted by Crippen LogP contribution is 2.27. The van der Waals surface area contributed by atoms with Crippen molar-refractivity contribution in [2.75, 3.05) is 0 Å². The first-order valence-corrected chi connectivity index (χ1v) is 8.07. The molecule has 3 N–H and O–H groups in total. The molecule has 0 radical (unpaired) electrons. The summed E-state index contributed by atoms with van der Waals surface area (Å²) in [5.41, 5.74) is 7.80. The highest BCUT2D eigenvalue weighted by atomic mass is 16.5. The maximum Gasteiger partial charge on any atom is 0.241 e. The molecule has 1 fully saturated rings. The van der Waals surface area contributed by atoms with Crippen LogP contribution in [0, 0.1) is 0 Å². The Morgan fingerprint density at radius 2 is 1.83 bits per heavy atom. The van der Waals surface area contributed by atoms with Crippen LogP contribution in [0.5, 0.6) is 5.75 Å². The third-order valence-corrected chi connectivity index (χ3v) is 4.21. The number of para-hydroxylation sites is 1. The van der Waals surface area contributed by atoms with Gasteiger partial charge in [-0.2, -0.15) is 0 Å². The lowest BCUT2D eigenvalue weighted by molar-refractivity contribution is -0.122. The molecule has 0 aromatic heterocycles. The molecule has 23 heavy (non-hydrogen) atoms. The van der Waals surface area contributed by atoms with Gasteiger partial charge in [-0.05, 0) is 30.9 Å². The van der Waals surface area contributed by atoms with E-state index < -0.39 is 6.04 Å². The third-order valence-electron chi connectivity index (χ3n) is 4.21. The third kappa shape index (κ3) is 3.90. The molecule has 2 aromatic rings. The summed E-state index contributed by atoms with van der Waals surface area (Å²) in [6.45, 7) is 0.419. The van der Waals surface area contributed by atoms with E-state index >= 15 is 0 Å². The van der Waals surface area contributed by atoms with Crippen LogP contribution in [-0.4, -0.2) is 12.0 Å². The van der Waals surface area contributed by atoms with Gasteiger partial charge < -0.3 is 15.8 Å². The van der Waals surface area contributed by atoms with Gasteiger partial charge in [-0.15, -0.1) is 0 Å². The lowest BCUT2D eigenvalue weighted by Gasteiger charge is -2.27. The van der Waals surface area contributed by atoms with E-state index in [1.165, 1.54) is 6.42 Å². The monoisotopic (exact) mass is 310 g/mol. The van der Waals surface area contributed by atoms with E-state index in [4.69, 9.17) is 10.5 Å². The lowest BCUT2D eigenvalue weighted by atomic mass is 9.96. The van der Waals surface area contributed by atoms with Gasteiger partial charge in [0, 0.05) is 12.1 Å². The van der Waals surface area contributed by atoms with E-state index in [1.807, 2.05) is 54.6 Å². The van der Waals surface area contributed by atoms with Gasteiger partial charge in [-0.3, -0.25) is 4.79 Å². The number of carbonyl (C=O) groups excluding carboxylic acids is 1. The number of nitrogens with one attached hydrogen (secondary N) is 1. The fraction of sp³-hybridized carbons (Fsp3) is 0.316. The average molecular weight is 310 g/mol. The van der Waals surface area contributed by atoms with Crippen molar-refractivity contribution in [2.24, 2.45) is 5.73 Å². The van der Waals surface area contributed by atoms with Crippen LogP contribution in [0.25, 0.3) is 0 Å². The van der Waals surface area contributed by atoms with Gasteiger partial charge >= 0.3 is 0 Å². The predicted octanol–water partition coefficient (Wildman–Crippen LogP) is 2.93. The Bertz CT molecular complexity index is 653. The Balaban J connectivity index is 1.60. The summed E-state index contributed by atoms with van der Waals surface area (Å²) in [6, 6.07) is 16.6. The van der Waals surface area contributed by atoms with Crippen molar-refractivity contribution in [3.05, 3.63) is 65.7 Å². The van der Waals surface area contributed by atoms with Crippen molar-refractivity contribution in [2.45, 2.75) is 38.0 Å². The SMILES string of the molecule is NC(C(=O)NCc1ccccc1OC1CCC1)c1ccccc1. The number of rotatable bonds is 6. The predicted molar refractivity (Wildman–Crippen MR) is 89.9 cm³/mol. The molecular formula is C19H22N2O2. The summed E-state index contributed by atoms with van der Waals surface area (Å²) in [5, 5.41) is 2.90. The Labute approximate surface area is 136 Å². The normalized spacial score (nSPS) is 15.5. The number of hydrogen-bond acceptors (Lipinski definition) is 3. The largest absolute Gasteiger partial charge is 0.490 e. The molecule has 1 saturated carbocycles. The quantitative estimate of drug-likeness (QED) is 0.862. The lowest BCUT2D eigenvalue weighted by Crippen LogP contribution is -2.34. The summed E-state index contributed by atoms with van der Waals surface area (Å²) >= 11 is 0. The van der Waals surface area contributed by atoms with Gasteiger partial charge in [0.1, 0.15) is 11.8 Å². The second-order valence-electron chi connectivity index (χ2n) is 5.88. The molecule has 0 spiro atoms. The van der Waals surface area contributed by atoms with Crippen molar-refractivity contribution >= 4 is 5.91 Å². The zero-order chi connectivity index (χ0) is 16.1. The van der Waals surface area contributed by atoms with Crippen molar-refractivity contribution in [3.8, 4) is 5.75 Å². The summed E-state index contributed by atoms with van der Waals surface area (Å²) in [7, 11) is 0. The van der Waals surface area contributed by atoms with Gasteiger partial charge in [0.15, 0.2) is 0 Å². The Kier molecular flexibility index (Phi) is 4.93. The van der Waals surface area contributed by atoms with Crippen LogP contribution in [0.4, 0.5) is 0 Å². The van der Waals surface area contributed by atoms with E-state index in [0.29, 0.717) is 12.6 Å². The molecule has 1 unspecified atom stereocenters. The van der Waals surface area contributed by atoms with Gasteiger partial charge in [0.2, 0.25) is 5.91 Å². The first kappa shape index (κ1) is 15.6. The van der Waals surface area contributed by atoms with Gasteiger partial charge in [-0.1, -0.05) is 48.5 Å². The van der Waals surface area contributed by atoms with Crippen molar-refractivity contribution in [3.63, 3.8) is 0 Å². The number of ether oxygens (including phenoxy) is 1. The molecule has 0 bridgehead atoms. The fourth-order valence-corrected chi connectivity index (χ4v) is 2.54. The number of carbonyl (C=O) groups is 1. The second-order valence-corrected chi connectivity index (χ2v) is 5.88. The molecule has 0 aliphatic heterocycles. The molecule has 1 aliphatic rings. The minimum absolute atomic E-state index is 0.186. The van der Waals surface area contributed by atoms with Gasteiger partial charge in [-0.25, -0.2) is 0 Å². The molecule has 1 aliphatic carbocycles. The molecule has 120 valence electrons. The van der Waals surface area contributed by atoms with Gasteiger partial charge in [0.05, 0.1) is 6.10 Å². The van der Waals surface area contributed by atoms with Crippen LogP contribution in [0.15, 0.2) is 54.6 Å².